The maximum absolute atomic E-state index is 5.62. The largest absolute Gasteiger partial charge is 0.376 e. The van der Waals surface area contributed by atoms with Crippen molar-refractivity contribution in [2.75, 3.05) is 0 Å². The molecule has 0 bridgehead atoms. The molecule has 0 aromatic rings. The molecular formula is C15H36O2. The monoisotopic (exact) mass is 248 g/mol. The third-order valence-corrected chi connectivity index (χ3v) is 1.16. The van der Waals surface area contributed by atoms with Gasteiger partial charge >= 0.3 is 0 Å². The standard InChI is InChI=1S/C8H18O.C6H14O.CH4/c1-7(2,3)9-8(4,5)6;1-5(2)7-6(3)4;/h1-6H3;5-6H,1-4H3;1H4. The van der Waals surface area contributed by atoms with Gasteiger partial charge in [-0.25, -0.2) is 0 Å². The van der Waals surface area contributed by atoms with Crippen molar-refractivity contribution in [2.45, 2.75) is 100 Å². The first-order chi connectivity index (χ1) is 6.83. The second kappa shape index (κ2) is 8.93. The van der Waals surface area contributed by atoms with Crippen molar-refractivity contribution >= 4 is 0 Å². The van der Waals surface area contributed by atoms with Crippen LogP contribution in [-0.2, 0) is 9.47 Å². The lowest BCUT2D eigenvalue weighted by Crippen LogP contribution is -2.31. The minimum Gasteiger partial charge on any atom is -0.376 e. The minimum absolute atomic E-state index is 0. The molecule has 0 aliphatic carbocycles. The fourth-order valence-electron chi connectivity index (χ4n) is 1.46. The van der Waals surface area contributed by atoms with Crippen molar-refractivity contribution in [3.8, 4) is 0 Å². The molecule has 0 aliphatic heterocycles. The van der Waals surface area contributed by atoms with E-state index >= 15 is 0 Å². The molecule has 108 valence electrons. The van der Waals surface area contributed by atoms with Gasteiger partial charge in [-0.15, -0.1) is 0 Å². The first kappa shape index (κ1) is 22.1. The van der Waals surface area contributed by atoms with Gasteiger partial charge in [-0.3, -0.25) is 0 Å². The number of hydrogen-bond donors (Lipinski definition) is 0. The molecule has 2 heteroatoms. The van der Waals surface area contributed by atoms with Crippen LogP contribution in [0.5, 0.6) is 0 Å². The van der Waals surface area contributed by atoms with Crippen LogP contribution in [0.2, 0.25) is 0 Å². The quantitative estimate of drug-likeness (QED) is 0.680. The third-order valence-electron chi connectivity index (χ3n) is 1.16. The van der Waals surface area contributed by atoms with Crippen LogP contribution in [0.25, 0.3) is 0 Å². The van der Waals surface area contributed by atoms with Crippen LogP contribution in [0, 0.1) is 0 Å². The van der Waals surface area contributed by atoms with Crippen molar-refractivity contribution in [1.29, 1.82) is 0 Å². The zero-order chi connectivity index (χ0) is 13.6. The summed E-state index contributed by atoms with van der Waals surface area (Å²) >= 11 is 0. The summed E-state index contributed by atoms with van der Waals surface area (Å²) in [4.78, 5) is 0. The van der Waals surface area contributed by atoms with Gasteiger partial charge in [0.25, 0.3) is 0 Å². The summed E-state index contributed by atoms with van der Waals surface area (Å²) < 4.78 is 10.9. The zero-order valence-corrected chi connectivity index (χ0v) is 13.0. The van der Waals surface area contributed by atoms with Crippen LogP contribution in [-0.4, -0.2) is 23.4 Å². The molecule has 0 aliphatic rings. The van der Waals surface area contributed by atoms with E-state index in [1.54, 1.807) is 0 Å². The van der Waals surface area contributed by atoms with Crippen LogP contribution >= 0.6 is 0 Å². The summed E-state index contributed by atoms with van der Waals surface area (Å²) in [5, 5.41) is 0. The highest BCUT2D eigenvalue weighted by Crippen LogP contribution is 2.17. The van der Waals surface area contributed by atoms with Gasteiger partial charge in [0.2, 0.25) is 0 Å². The molecule has 0 radical (unpaired) electrons. The molecule has 0 saturated heterocycles. The fraction of sp³-hybridized carbons (Fsp3) is 1.00. The Bertz CT molecular complexity index is 141. The second-order valence-corrected chi connectivity index (χ2v) is 6.56. The topological polar surface area (TPSA) is 18.5 Å². The van der Waals surface area contributed by atoms with Crippen LogP contribution in [0.4, 0.5) is 0 Å². The first-order valence-corrected chi connectivity index (χ1v) is 6.19. The summed E-state index contributed by atoms with van der Waals surface area (Å²) in [7, 11) is 0. The molecule has 0 N–H and O–H groups in total. The minimum atomic E-state index is -0.0156. The highest BCUT2D eigenvalue weighted by molar-refractivity contribution is 4.68. The van der Waals surface area contributed by atoms with Crippen molar-refractivity contribution in [1.82, 2.24) is 0 Å². The Kier molecular flexibility index (Phi) is 11.6. The SMILES string of the molecule is C.CC(C)(C)OC(C)(C)C.CC(C)OC(C)C. The van der Waals surface area contributed by atoms with E-state index in [0.717, 1.165) is 0 Å². The third kappa shape index (κ3) is 31.3. The Morgan fingerprint density at radius 1 is 0.647 bits per heavy atom. The van der Waals surface area contributed by atoms with Gasteiger partial charge < -0.3 is 9.47 Å². The zero-order valence-electron chi connectivity index (χ0n) is 13.0. The van der Waals surface area contributed by atoms with E-state index < -0.39 is 0 Å². The number of ether oxygens (including phenoxy) is 2. The lowest BCUT2D eigenvalue weighted by atomic mass is 10.1. The highest BCUT2D eigenvalue weighted by Gasteiger charge is 2.19. The molecule has 17 heavy (non-hydrogen) atoms. The predicted molar refractivity (Wildman–Crippen MR) is 78.7 cm³/mol. The van der Waals surface area contributed by atoms with Crippen LogP contribution < -0.4 is 0 Å². The first-order valence-electron chi connectivity index (χ1n) is 6.19. The summed E-state index contributed by atoms with van der Waals surface area (Å²) in [5.41, 5.74) is -0.0312. The van der Waals surface area contributed by atoms with E-state index in [0.29, 0.717) is 12.2 Å². The summed E-state index contributed by atoms with van der Waals surface area (Å²) in [6.07, 6.45) is 0.750. The van der Waals surface area contributed by atoms with E-state index in [2.05, 4.69) is 41.5 Å². The Morgan fingerprint density at radius 3 is 0.882 bits per heavy atom. The summed E-state index contributed by atoms with van der Waals surface area (Å²) in [6.45, 7) is 20.6. The van der Waals surface area contributed by atoms with Gasteiger partial charge in [-0.2, -0.15) is 0 Å². The molecule has 0 spiro atoms. The van der Waals surface area contributed by atoms with Gasteiger partial charge in [0.05, 0.1) is 23.4 Å². The molecule has 0 saturated carbocycles. The molecule has 0 amide bonds. The second-order valence-electron chi connectivity index (χ2n) is 6.56. The van der Waals surface area contributed by atoms with Crippen molar-refractivity contribution in [2.24, 2.45) is 0 Å². The van der Waals surface area contributed by atoms with Gasteiger partial charge in [0.15, 0.2) is 0 Å². The van der Waals surface area contributed by atoms with Gasteiger partial charge in [0.1, 0.15) is 0 Å². The number of hydrogen-bond acceptors (Lipinski definition) is 2. The molecule has 0 unspecified atom stereocenters. The summed E-state index contributed by atoms with van der Waals surface area (Å²) in [5.74, 6) is 0. The maximum Gasteiger partial charge on any atom is 0.0605 e. The summed E-state index contributed by atoms with van der Waals surface area (Å²) in [6, 6.07) is 0. The Hall–Kier alpha value is -0.0800. The lowest BCUT2D eigenvalue weighted by molar-refractivity contribution is -0.102. The van der Waals surface area contributed by atoms with E-state index in [4.69, 9.17) is 9.47 Å². The predicted octanol–water partition coefficient (Wildman–Crippen LogP) is 5.06. The van der Waals surface area contributed by atoms with Crippen LogP contribution in [0.3, 0.4) is 0 Å². The van der Waals surface area contributed by atoms with E-state index in [-0.39, 0.29) is 18.6 Å². The smallest absolute Gasteiger partial charge is 0.0605 e. The van der Waals surface area contributed by atoms with Crippen LogP contribution in [0.15, 0.2) is 0 Å². The molecule has 0 fully saturated rings. The normalized spacial score (nSPS) is 12.0. The van der Waals surface area contributed by atoms with Crippen LogP contribution in [0.1, 0.15) is 76.7 Å². The average Bonchev–Trinajstić information content (AvgIpc) is 1.72. The van der Waals surface area contributed by atoms with Gasteiger partial charge in [-0.05, 0) is 69.2 Å². The van der Waals surface area contributed by atoms with E-state index in [1.807, 2.05) is 27.7 Å². The fourth-order valence-corrected chi connectivity index (χ4v) is 1.46. The van der Waals surface area contributed by atoms with E-state index in [1.165, 1.54) is 0 Å². The van der Waals surface area contributed by atoms with Crippen molar-refractivity contribution in [3.63, 3.8) is 0 Å². The number of rotatable bonds is 2. The van der Waals surface area contributed by atoms with Gasteiger partial charge in [-0.1, -0.05) is 7.43 Å². The average molecular weight is 248 g/mol. The lowest BCUT2D eigenvalue weighted by Gasteiger charge is -2.30. The van der Waals surface area contributed by atoms with Crippen molar-refractivity contribution < 1.29 is 9.47 Å². The Balaban J connectivity index is -0.000000224. The Morgan fingerprint density at radius 2 is 0.882 bits per heavy atom. The molecule has 2 nitrogen and oxygen atoms in total. The van der Waals surface area contributed by atoms with Crippen molar-refractivity contribution in [3.05, 3.63) is 0 Å². The highest BCUT2D eigenvalue weighted by atomic mass is 16.5. The van der Waals surface area contributed by atoms with Gasteiger partial charge in [0, 0.05) is 0 Å². The molecule has 0 atom stereocenters. The molecule has 0 heterocycles. The molecular weight excluding hydrogens is 212 g/mol. The molecule has 0 aromatic carbocycles. The molecule has 0 rings (SSSR count). The van der Waals surface area contributed by atoms with E-state index in [9.17, 15) is 0 Å². The Labute approximate surface area is 110 Å². The molecule has 0 aromatic heterocycles. The maximum atomic E-state index is 5.62.